The molecule has 0 aliphatic carbocycles. The van der Waals surface area contributed by atoms with Gasteiger partial charge < -0.3 is 5.32 Å². The molecule has 5 nitrogen and oxygen atoms in total. The lowest BCUT2D eigenvalue weighted by Crippen LogP contribution is -2.51. The maximum atomic E-state index is 12.3. The third kappa shape index (κ3) is 4.16. The Bertz CT molecular complexity index is 308. The van der Waals surface area contributed by atoms with Gasteiger partial charge in [-0.3, -0.25) is 14.5 Å². The summed E-state index contributed by atoms with van der Waals surface area (Å²) in [4.78, 5) is 20.0. The van der Waals surface area contributed by atoms with Crippen LogP contribution in [0.2, 0.25) is 0 Å². The number of hydrogen-bond acceptors (Lipinski definition) is 4. The molecule has 1 unspecified atom stereocenters. The zero-order chi connectivity index (χ0) is 13.9. The predicted octanol–water partition coefficient (Wildman–Crippen LogP) is 1.05. The van der Waals surface area contributed by atoms with Gasteiger partial charge in [0.1, 0.15) is 0 Å². The third-order valence-electron chi connectivity index (χ3n) is 3.83. The first-order valence-electron chi connectivity index (χ1n) is 7.42. The van der Waals surface area contributed by atoms with E-state index in [1.165, 1.54) is 0 Å². The Morgan fingerprint density at radius 1 is 1.26 bits per heavy atom. The number of hydrogen-bond donors (Lipinski definition) is 2. The topological polar surface area (TPSA) is 53.6 Å². The summed E-state index contributed by atoms with van der Waals surface area (Å²) in [7, 11) is 0. The van der Waals surface area contributed by atoms with E-state index in [1.807, 2.05) is 20.8 Å². The highest BCUT2D eigenvalue weighted by Gasteiger charge is 2.36. The van der Waals surface area contributed by atoms with E-state index in [4.69, 9.17) is 4.84 Å². The van der Waals surface area contributed by atoms with Crippen molar-refractivity contribution in [2.45, 2.75) is 64.1 Å². The molecule has 0 aromatic carbocycles. The highest BCUT2D eigenvalue weighted by molar-refractivity contribution is 5.81. The first-order chi connectivity index (χ1) is 8.97. The molecule has 5 heteroatoms. The number of carbonyl (C=O) groups excluding carboxylic acids is 1. The van der Waals surface area contributed by atoms with E-state index in [-0.39, 0.29) is 17.6 Å². The number of rotatable bonds is 3. The second-order valence-corrected chi connectivity index (χ2v) is 6.56. The van der Waals surface area contributed by atoms with E-state index in [0.29, 0.717) is 6.04 Å². The average Bonchev–Trinajstić information content (AvgIpc) is 2.85. The van der Waals surface area contributed by atoms with Gasteiger partial charge in [-0.25, -0.2) is 5.48 Å². The number of piperidine rings is 1. The summed E-state index contributed by atoms with van der Waals surface area (Å²) in [6.45, 7) is 8.98. The van der Waals surface area contributed by atoms with Crippen molar-refractivity contribution in [3.8, 4) is 0 Å². The van der Waals surface area contributed by atoms with Crippen LogP contribution in [0.3, 0.4) is 0 Å². The van der Waals surface area contributed by atoms with Crippen LogP contribution in [-0.4, -0.2) is 48.1 Å². The van der Waals surface area contributed by atoms with Gasteiger partial charge in [0.2, 0.25) is 0 Å². The van der Waals surface area contributed by atoms with Crippen LogP contribution in [0.4, 0.5) is 0 Å². The van der Waals surface area contributed by atoms with Crippen LogP contribution in [0.5, 0.6) is 0 Å². The molecule has 0 aromatic rings. The van der Waals surface area contributed by atoms with E-state index >= 15 is 0 Å². The fourth-order valence-electron chi connectivity index (χ4n) is 2.92. The maximum absolute atomic E-state index is 12.3. The van der Waals surface area contributed by atoms with Crippen molar-refractivity contribution in [3.63, 3.8) is 0 Å². The molecule has 1 atom stereocenters. The third-order valence-corrected chi connectivity index (χ3v) is 3.83. The lowest BCUT2D eigenvalue weighted by atomic mass is 10.0. The van der Waals surface area contributed by atoms with E-state index in [9.17, 15) is 4.79 Å². The average molecular weight is 269 g/mol. The number of nitrogens with zero attached hydrogens (tertiary/aromatic N) is 1. The molecular weight excluding hydrogens is 242 g/mol. The van der Waals surface area contributed by atoms with Crippen molar-refractivity contribution in [1.29, 1.82) is 0 Å². The Labute approximate surface area is 116 Å². The highest BCUT2D eigenvalue weighted by atomic mass is 16.7. The molecule has 2 aliphatic heterocycles. The minimum atomic E-state index is -0.339. The number of amides is 1. The van der Waals surface area contributed by atoms with Gasteiger partial charge in [0.15, 0.2) is 0 Å². The summed E-state index contributed by atoms with van der Waals surface area (Å²) in [6, 6.07) is 0.541. The van der Waals surface area contributed by atoms with Crippen molar-refractivity contribution in [2.24, 2.45) is 0 Å². The zero-order valence-electron chi connectivity index (χ0n) is 12.4. The van der Waals surface area contributed by atoms with E-state index in [0.717, 1.165) is 45.3 Å². The first kappa shape index (κ1) is 14.8. The summed E-state index contributed by atoms with van der Waals surface area (Å²) >= 11 is 0. The van der Waals surface area contributed by atoms with Crippen LogP contribution in [-0.2, 0) is 9.63 Å². The van der Waals surface area contributed by atoms with Gasteiger partial charge in [-0.15, -0.1) is 0 Å². The molecule has 110 valence electrons. The van der Waals surface area contributed by atoms with Crippen LogP contribution in [0.1, 0.15) is 46.5 Å². The van der Waals surface area contributed by atoms with E-state index in [2.05, 4.69) is 15.7 Å². The summed E-state index contributed by atoms with van der Waals surface area (Å²) in [5, 5.41) is 3.38. The van der Waals surface area contributed by atoms with Gasteiger partial charge in [-0.05, 0) is 66.1 Å². The van der Waals surface area contributed by atoms with Gasteiger partial charge in [-0.2, -0.15) is 0 Å². The molecule has 2 aliphatic rings. The molecule has 2 rings (SSSR count). The molecule has 1 amide bonds. The maximum Gasteiger partial charge on any atom is 0.260 e. The van der Waals surface area contributed by atoms with Crippen molar-refractivity contribution >= 4 is 5.91 Å². The Morgan fingerprint density at radius 3 is 2.58 bits per heavy atom. The SMILES string of the molecule is CC(C)(C)ONC(=O)C1CCCN1C1CCNCC1. The lowest BCUT2D eigenvalue weighted by molar-refractivity contribution is -0.150. The fraction of sp³-hybridized carbons (Fsp3) is 0.929. The van der Waals surface area contributed by atoms with Crippen molar-refractivity contribution < 1.29 is 9.63 Å². The van der Waals surface area contributed by atoms with Crippen molar-refractivity contribution in [2.75, 3.05) is 19.6 Å². The molecule has 19 heavy (non-hydrogen) atoms. The summed E-state index contributed by atoms with van der Waals surface area (Å²) < 4.78 is 0. The molecule has 0 radical (unpaired) electrons. The molecule has 2 saturated heterocycles. The van der Waals surface area contributed by atoms with Crippen LogP contribution < -0.4 is 10.8 Å². The molecule has 0 spiro atoms. The van der Waals surface area contributed by atoms with Crippen LogP contribution in [0.15, 0.2) is 0 Å². The van der Waals surface area contributed by atoms with Gasteiger partial charge in [0.25, 0.3) is 5.91 Å². The molecule has 0 aromatic heterocycles. The molecule has 2 N–H and O–H groups in total. The predicted molar refractivity (Wildman–Crippen MR) is 74.6 cm³/mol. The van der Waals surface area contributed by atoms with Crippen LogP contribution in [0, 0.1) is 0 Å². The minimum Gasteiger partial charge on any atom is -0.317 e. The zero-order valence-corrected chi connectivity index (χ0v) is 12.4. The van der Waals surface area contributed by atoms with Gasteiger partial charge in [0, 0.05) is 6.04 Å². The van der Waals surface area contributed by atoms with E-state index in [1.54, 1.807) is 0 Å². The summed E-state index contributed by atoms with van der Waals surface area (Å²) in [5.74, 6) is 0.0194. The second-order valence-electron chi connectivity index (χ2n) is 6.56. The number of nitrogens with one attached hydrogen (secondary N) is 2. The molecule has 0 saturated carbocycles. The van der Waals surface area contributed by atoms with Crippen molar-refractivity contribution in [3.05, 3.63) is 0 Å². The highest BCUT2D eigenvalue weighted by Crippen LogP contribution is 2.24. The Kier molecular flexibility index (Phi) is 4.81. The normalized spacial score (nSPS) is 26.6. The number of carbonyl (C=O) groups is 1. The van der Waals surface area contributed by atoms with Crippen LogP contribution in [0.25, 0.3) is 0 Å². The Morgan fingerprint density at radius 2 is 1.95 bits per heavy atom. The minimum absolute atomic E-state index is 0.00884. The number of likely N-dealkylation sites (tertiary alicyclic amines) is 1. The van der Waals surface area contributed by atoms with Crippen LogP contribution >= 0.6 is 0 Å². The second kappa shape index (κ2) is 6.20. The summed E-state index contributed by atoms with van der Waals surface area (Å²) in [6.07, 6.45) is 4.34. The molecule has 2 fully saturated rings. The quantitative estimate of drug-likeness (QED) is 0.752. The smallest absolute Gasteiger partial charge is 0.260 e. The Balaban J connectivity index is 1.88. The number of hydroxylamine groups is 1. The molecule has 0 bridgehead atoms. The monoisotopic (exact) mass is 269 g/mol. The largest absolute Gasteiger partial charge is 0.317 e. The van der Waals surface area contributed by atoms with Crippen molar-refractivity contribution in [1.82, 2.24) is 15.7 Å². The van der Waals surface area contributed by atoms with Gasteiger partial charge >= 0.3 is 0 Å². The van der Waals surface area contributed by atoms with Gasteiger partial charge in [-0.1, -0.05) is 0 Å². The summed E-state index contributed by atoms with van der Waals surface area (Å²) in [5.41, 5.74) is 2.30. The molecular formula is C14H27N3O2. The van der Waals surface area contributed by atoms with E-state index < -0.39 is 0 Å². The Hall–Kier alpha value is -0.650. The first-order valence-corrected chi connectivity index (χ1v) is 7.42. The molecule has 2 heterocycles. The lowest BCUT2D eigenvalue weighted by Gasteiger charge is -2.35. The fourth-order valence-corrected chi connectivity index (χ4v) is 2.92. The standard InChI is InChI=1S/C14H27N3O2/c1-14(2,3)19-16-13(18)12-5-4-10-17(12)11-6-8-15-9-7-11/h11-12,15H,4-10H2,1-3H3,(H,16,18). The van der Waals surface area contributed by atoms with Gasteiger partial charge in [0.05, 0.1) is 11.6 Å².